The van der Waals surface area contributed by atoms with E-state index >= 15 is 0 Å². The van der Waals surface area contributed by atoms with Crippen LogP contribution in [0.5, 0.6) is 0 Å². The van der Waals surface area contributed by atoms with Gasteiger partial charge in [0.2, 0.25) is 5.71 Å². The molecule has 0 unspecified atom stereocenters. The lowest BCUT2D eigenvalue weighted by Crippen LogP contribution is -1.89. The van der Waals surface area contributed by atoms with Crippen molar-refractivity contribution in [2.24, 2.45) is 4.99 Å². The van der Waals surface area contributed by atoms with Gasteiger partial charge < -0.3 is 4.42 Å². The molecule has 0 aliphatic carbocycles. The van der Waals surface area contributed by atoms with Crippen LogP contribution >= 0.6 is 0 Å². The van der Waals surface area contributed by atoms with Crippen molar-refractivity contribution in [3.8, 4) is 0 Å². The number of pyridine rings is 1. The number of allylic oxidation sites excluding steroid dienone is 4. The van der Waals surface area contributed by atoms with Crippen molar-refractivity contribution in [1.29, 1.82) is 0 Å². The Hall–Kier alpha value is -3.46. The highest BCUT2D eigenvalue weighted by Crippen LogP contribution is 2.36. The van der Waals surface area contributed by atoms with Crippen LogP contribution in [0.3, 0.4) is 0 Å². The van der Waals surface area contributed by atoms with E-state index in [9.17, 15) is 0 Å². The molecular formula is C26H24N2O. The lowest BCUT2D eigenvalue weighted by molar-refractivity contribution is 0.651. The highest BCUT2D eigenvalue weighted by molar-refractivity contribution is 6.08. The van der Waals surface area contributed by atoms with Gasteiger partial charge in [0.05, 0.1) is 0 Å². The first kappa shape index (κ1) is 18.9. The topological polar surface area (TPSA) is 38.4 Å². The molecule has 2 aromatic carbocycles. The van der Waals surface area contributed by atoms with Crippen LogP contribution in [0.4, 0.5) is 0 Å². The maximum absolute atomic E-state index is 6.24. The number of rotatable bonds is 4. The second kappa shape index (κ2) is 7.88. The van der Waals surface area contributed by atoms with Crippen LogP contribution in [0.1, 0.15) is 29.3 Å². The van der Waals surface area contributed by atoms with Crippen LogP contribution in [0.15, 0.2) is 76.2 Å². The molecule has 0 bridgehead atoms. The highest BCUT2D eigenvalue weighted by atomic mass is 16.3. The molecular weight excluding hydrogens is 356 g/mol. The molecule has 3 heteroatoms. The first-order valence-corrected chi connectivity index (χ1v) is 9.74. The molecule has 4 aromatic rings. The minimum Gasteiger partial charge on any atom is -0.437 e. The van der Waals surface area contributed by atoms with E-state index in [-0.39, 0.29) is 0 Å². The molecule has 3 nitrogen and oxygen atoms in total. The minimum atomic E-state index is 0.691. The van der Waals surface area contributed by atoms with Crippen LogP contribution in [0, 0.1) is 13.8 Å². The molecule has 0 saturated heterocycles. The molecule has 0 radical (unpaired) electrons. The van der Waals surface area contributed by atoms with E-state index in [4.69, 9.17) is 4.42 Å². The van der Waals surface area contributed by atoms with E-state index in [1.54, 1.807) is 7.05 Å². The Morgan fingerprint density at radius 2 is 1.72 bits per heavy atom. The predicted molar refractivity (Wildman–Crippen MR) is 123 cm³/mol. The number of hydrogen-bond donors (Lipinski definition) is 0. The number of aliphatic imine (C=N–C) groups is 1. The van der Waals surface area contributed by atoms with E-state index in [0.29, 0.717) is 5.71 Å². The van der Waals surface area contributed by atoms with Crippen molar-refractivity contribution < 1.29 is 4.42 Å². The molecule has 0 saturated carbocycles. The maximum Gasteiger partial charge on any atom is 0.227 e. The molecule has 0 fully saturated rings. The van der Waals surface area contributed by atoms with Crippen molar-refractivity contribution >= 4 is 39.4 Å². The van der Waals surface area contributed by atoms with Crippen molar-refractivity contribution in [2.75, 3.05) is 7.05 Å². The van der Waals surface area contributed by atoms with E-state index in [1.807, 2.05) is 31.3 Å². The van der Waals surface area contributed by atoms with Crippen LogP contribution in [-0.2, 0) is 0 Å². The summed E-state index contributed by atoms with van der Waals surface area (Å²) in [5.41, 5.74) is 8.24. The fraction of sp³-hybridized carbons (Fsp3) is 0.154. The minimum absolute atomic E-state index is 0.691. The van der Waals surface area contributed by atoms with Crippen molar-refractivity contribution in [3.05, 3.63) is 89.1 Å². The van der Waals surface area contributed by atoms with Gasteiger partial charge >= 0.3 is 0 Å². The Morgan fingerprint density at radius 3 is 2.48 bits per heavy atom. The molecule has 0 aliphatic rings. The van der Waals surface area contributed by atoms with Gasteiger partial charge in [0.25, 0.3) is 0 Å². The normalized spacial score (nSPS) is 13.1. The van der Waals surface area contributed by atoms with Crippen molar-refractivity contribution in [1.82, 2.24) is 4.98 Å². The average molecular weight is 380 g/mol. The van der Waals surface area contributed by atoms with Crippen LogP contribution in [0.25, 0.3) is 33.2 Å². The Bertz CT molecular complexity index is 1270. The van der Waals surface area contributed by atoms with Crippen LogP contribution < -0.4 is 0 Å². The summed E-state index contributed by atoms with van der Waals surface area (Å²) >= 11 is 0. The largest absolute Gasteiger partial charge is 0.437 e. The molecule has 0 spiro atoms. The molecule has 2 aromatic heterocycles. The second-order valence-corrected chi connectivity index (χ2v) is 7.26. The molecule has 0 N–H and O–H groups in total. The first-order valence-electron chi connectivity index (χ1n) is 9.74. The van der Waals surface area contributed by atoms with Gasteiger partial charge in [0, 0.05) is 35.3 Å². The Balaban J connectivity index is 1.92. The maximum atomic E-state index is 6.24. The SMILES string of the molecule is CN=C/C=C(\C=C(/C)c1c(C)ccc2c1oc1nc(C)ccc12)c1ccccc1. The van der Waals surface area contributed by atoms with Gasteiger partial charge in [-0.3, -0.25) is 4.99 Å². The summed E-state index contributed by atoms with van der Waals surface area (Å²) in [7, 11) is 1.78. The number of aromatic nitrogens is 1. The summed E-state index contributed by atoms with van der Waals surface area (Å²) in [6, 6.07) is 18.8. The smallest absolute Gasteiger partial charge is 0.227 e. The van der Waals surface area contributed by atoms with Gasteiger partial charge in [0.1, 0.15) is 5.58 Å². The van der Waals surface area contributed by atoms with Gasteiger partial charge in [-0.25, -0.2) is 4.98 Å². The van der Waals surface area contributed by atoms with E-state index < -0.39 is 0 Å². The number of aryl methyl sites for hydroxylation is 2. The zero-order valence-corrected chi connectivity index (χ0v) is 17.2. The summed E-state index contributed by atoms with van der Waals surface area (Å²) < 4.78 is 6.24. The standard InChI is InChI=1S/C26H24N2O/c1-17-10-12-22-23-13-11-19(3)28-26(23)29-25(22)24(17)18(2)16-21(14-15-27-4)20-8-6-5-7-9-20/h5-16H,1-4H3/b18-16+,21-14+,27-15?. The average Bonchev–Trinajstić information content (AvgIpc) is 3.08. The first-order chi connectivity index (χ1) is 14.1. The zero-order valence-electron chi connectivity index (χ0n) is 17.2. The van der Waals surface area contributed by atoms with Gasteiger partial charge in [0.15, 0.2) is 0 Å². The van der Waals surface area contributed by atoms with Gasteiger partial charge in [-0.05, 0) is 61.3 Å². The number of hydrogen-bond acceptors (Lipinski definition) is 3. The number of fused-ring (bicyclic) bond motifs is 3. The predicted octanol–water partition coefficient (Wildman–Crippen LogP) is 6.79. The van der Waals surface area contributed by atoms with Crippen LogP contribution in [-0.4, -0.2) is 18.2 Å². The Morgan fingerprint density at radius 1 is 0.966 bits per heavy atom. The monoisotopic (exact) mass is 380 g/mol. The third kappa shape index (κ3) is 3.64. The Kier molecular flexibility index (Phi) is 5.13. The lowest BCUT2D eigenvalue weighted by Gasteiger charge is -2.09. The quantitative estimate of drug-likeness (QED) is 0.289. The molecule has 0 amide bonds. The summed E-state index contributed by atoms with van der Waals surface area (Å²) in [6.07, 6.45) is 6.07. The fourth-order valence-corrected chi connectivity index (χ4v) is 3.72. The van der Waals surface area contributed by atoms with E-state index in [2.05, 4.69) is 72.4 Å². The Labute approximate surface area is 171 Å². The third-order valence-electron chi connectivity index (χ3n) is 5.13. The molecule has 4 rings (SSSR count). The molecule has 144 valence electrons. The van der Waals surface area contributed by atoms with E-state index in [1.165, 1.54) is 5.56 Å². The van der Waals surface area contributed by atoms with Gasteiger partial charge in [-0.2, -0.15) is 0 Å². The van der Waals surface area contributed by atoms with Crippen molar-refractivity contribution in [3.63, 3.8) is 0 Å². The van der Waals surface area contributed by atoms with Crippen molar-refractivity contribution in [2.45, 2.75) is 20.8 Å². The summed E-state index contributed by atoms with van der Waals surface area (Å²) in [6.45, 7) is 6.24. The molecule has 0 aliphatic heterocycles. The fourth-order valence-electron chi connectivity index (χ4n) is 3.72. The highest BCUT2D eigenvalue weighted by Gasteiger charge is 2.15. The summed E-state index contributed by atoms with van der Waals surface area (Å²) in [5.74, 6) is 0. The zero-order chi connectivity index (χ0) is 20.4. The van der Waals surface area contributed by atoms with E-state index in [0.717, 1.165) is 44.3 Å². The van der Waals surface area contributed by atoms with Crippen LogP contribution in [0.2, 0.25) is 0 Å². The number of furan rings is 1. The second-order valence-electron chi connectivity index (χ2n) is 7.26. The number of nitrogens with zero attached hydrogens (tertiary/aromatic N) is 2. The molecule has 2 heterocycles. The third-order valence-corrected chi connectivity index (χ3v) is 5.13. The molecule has 29 heavy (non-hydrogen) atoms. The lowest BCUT2D eigenvalue weighted by atomic mass is 9.95. The summed E-state index contributed by atoms with van der Waals surface area (Å²) in [4.78, 5) is 8.71. The van der Waals surface area contributed by atoms with Gasteiger partial charge in [-0.15, -0.1) is 0 Å². The van der Waals surface area contributed by atoms with Gasteiger partial charge in [-0.1, -0.05) is 48.5 Å². The summed E-state index contributed by atoms with van der Waals surface area (Å²) in [5, 5.41) is 2.15. The number of benzene rings is 2. The molecule has 0 atom stereocenters.